The molecule has 3 rings (SSSR count). The van der Waals surface area contributed by atoms with Crippen molar-refractivity contribution < 1.29 is 23.6 Å². The molecule has 0 bridgehead atoms. The van der Waals surface area contributed by atoms with Crippen LogP contribution in [-0.2, 0) is 25.7 Å². The van der Waals surface area contributed by atoms with E-state index < -0.39 is 35.5 Å². The van der Waals surface area contributed by atoms with Crippen LogP contribution in [0.15, 0.2) is 24.3 Å². The third-order valence-electron chi connectivity index (χ3n) is 5.36. The lowest BCUT2D eigenvalue weighted by atomic mass is 9.73. The van der Waals surface area contributed by atoms with Gasteiger partial charge in [-0.2, -0.15) is 0 Å². The summed E-state index contributed by atoms with van der Waals surface area (Å²) < 4.78 is 13.1. The first-order valence-electron chi connectivity index (χ1n) is 8.77. The molecule has 7 nitrogen and oxygen atoms in total. The lowest BCUT2D eigenvalue weighted by Gasteiger charge is -2.46. The maximum atomic E-state index is 13.1. The number of amides is 3. The zero-order valence-electron chi connectivity index (χ0n) is 15.5. The molecule has 3 unspecified atom stereocenters. The molecule has 0 aromatic heterocycles. The molecule has 1 aromatic rings. The summed E-state index contributed by atoms with van der Waals surface area (Å²) in [5.74, 6) is -4.37. The third kappa shape index (κ3) is 3.31. The van der Waals surface area contributed by atoms with Gasteiger partial charge in [-0.15, -0.1) is 0 Å². The number of nitrogens with zero attached hydrogens (tertiary/aromatic N) is 3. The highest BCUT2D eigenvalue weighted by molar-refractivity contribution is 6.41. The van der Waals surface area contributed by atoms with Crippen LogP contribution in [0.5, 0.6) is 0 Å². The highest BCUT2D eigenvalue weighted by Gasteiger charge is 2.55. The van der Waals surface area contributed by atoms with Crippen LogP contribution >= 0.6 is 0 Å². The van der Waals surface area contributed by atoms with Crippen molar-refractivity contribution in [3.8, 4) is 0 Å². The van der Waals surface area contributed by atoms with E-state index in [4.69, 9.17) is 0 Å². The number of carbonyl (C=O) groups excluding carboxylic acids is 4. The number of likely N-dealkylation sites (tertiary alicyclic amines) is 2. The average Bonchev–Trinajstić information content (AvgIpc) is 2.63. The van der Waals surface area contributed by atoms with Gasteiger partial charge in [-0.3, -0.25) is 19.2 Å². The number of halogens is 1. The molecule has 2 saturated heterocycles. The number of hydrogen-bond donors (Lipinski definition) is 0. The maximum Gasteiger partial charge on any atom is 0.291 e. The Labute approximate surface area is 156 Å². The average molecular weight is 375 g/mol. The van der Waals surface area contributed by atoms with Gasteiger partial charge in [-0.05, 0) is 24.1 Å². The van der Waals surface area contributed by atoms with E-state index in [0.717, 1.165) is 10.5 Å². The molecule has 2 aliphatic heterocycles. The quantitative estimate of drug-likeness (QED) is 0.562. The molecule has 0 radical (unpaired) electrons. The fourth-order valence-corrected chi connectivity index (χ4v) is 3.91. The smallest absolute Gasteiger partial charge is 0.291 e. The van der Waals surface area contributed by atoms with Gasteiger partial charge in [0.1, 0.15) is 17.8 Å². The van der Waals surface area contributed by atoms with Gasteiger partial charge in [0.05, 0.1) is 0 Å². The fourth-order valence-electron chi connectivity index (χ4n) is 3.91. The molecule has 3 amide bonds. The Kier molecular flexibility index (Phi) is 4.99. The second-order valence-electron chi connectivity index (χ2n) is 7.27. The van der Waals surface area contributed by atoms with E-state index in [1.54, 1.807) is 26.2 Å². The van der Waals surface area contributed by atoms with Gasteiger partial charge in [-0.1, -0.05) is 12.1 Å². The fraction of sp³-hybridized carbons (Fsp3) is 0.474. The molecule has 2 aliphatic rings. The Morgan fingerprint density at radius 3 is 2.41 bits per heavy atom. The molecule has 0 saturated carbocycles. The number of piperidine rings is 2. The molecule has 27 heavy (non-hydrogen) atoms. The highest BCUT2D eigenvalue weighted by atomic mass is 19.1. The minimum atomic E-state index is -1.14. The summed E-state index contributed by atoms with van der Waals surface area (Å²) in [6, 6.07) is 4.95. The first-order chi connectivity index (χ1) is 12.7. The molecule has 2 fully saturated rings. The van der Waals surface area contributed by atoms with Crippen LogP contribution in [0.2, 0.25) is 0 Å². The van der Waals surface area contributed by atoms with Crippen molar-refractivity contribution in [2.75, 3.05) is 27.7 Å². The van der Waals surface area contributed by atoms with Crippen molar-refractivity contribution >= 4 is 23.5 Å². The summed E-state index contributed by atoms with van der Waals surface area (Å²) in [7, 11) is 4.59. The summed E-state index contributed by atoms with van der Waals surface area (Å²) in [4.78, 5) is 54.5. The van der Waals surface area contributed by atoms with Crippen molar-refractivity contribution in [2.24, 2.45) is 11.8 Å². The molecular weight excluding hydrogens is 353 g/mol. The first kappa shape index (κ1) is 19.0. The number of rotatable bonds is 3. The Morgan fingerprint density at radius 2 is 1.81 bits per heavy atom. The lowest BCUT2D eigenvalue weighted by molar-refractivity contribution is -0.168. The molecule has 8 heteroatoms. The van der Waals surface area contributed by atoms with Crippen molar-refractivity contribution in [1.29, 1.82) is 0 Å². The van der Waals surface area contributed by atoms with Crippen molar-refractivity contribution in [2.45, 2.75) is 19.0 Å². The maximum absolute atomic E-state index is 13.1. The van der Waals surface area contributed by atoms with Crippen molar-refractivity contribution in [1.82, 2.24) is 14.7 Å². The van der Waals surface area contributed by atoms with E-state index in [0.29, 0.717) is 13.0 Å². The summed E-state index contributed by atoms with van der Waals surface area (Å²) in [6.45, 7) is 0.593. The minimum Gasteiger partial charge on any atom is -0.347 e. The predicted molar refractivity (Wildman–Crippen MR) is 93.7 cm³/mol. The number of benzene rings is 1. The number of fused-ring (bicyclic) bond motifs is 1. The van der Waals surface area contributed by atoms with Gasteiger partial charge < -0.3 is 14.7 Å². The first-order valence-corrected chi connectivity index (χ1v) is 8.77. The number of Topliss-reactive ketones (excluding diaryl/α,β-unsaturated/α-hetero) is 1. The van der Waals surface area contributed by atoms with Crippen LogP contribution in [0.1, 0.15) is 12.0 Å². The van der Waals surface area contributed by atoms with E-state index in [9.17, 15) is 23.6 Å². The number of hydrogen-bond acceptors (Lipinski definition) is 4. The molecule has 144 valence electrons. The zero-order chi connectivity index (χ0) is 19.9. The molecular formula is C19H22FN3O4. The number of carbonyl (C=O) groups is 4. The minimum absolute atomic E-state index is 0.228. The van der Waals surface area contributed by atoms with E-state index in [2.05, 4.69) is 0 Å². The molecule has 0 spiro atoms. The van der Waals surface area contributed by atoms with Crippen LogP contribution in [0.3, 0.4) is 0 Å². The van der Waals surface area contributed by atoms with Crippen molar-refractivity contribution in [3.05, 3.63) is 35.6 Å². The SMILES string of the molecule is CN(C)C(=O)C1C2CCN(Cc3ccc(F)cc3)C(=O)C2C(=O)C(=O)N1C. The summed E-state index contributed by atoms with van der Waals surface area (Å²) in [5.41, 5.74) is 0.732. The molecule has 3 atom stereocenters. The Balaban J connectivity index is 1.86. The topological polar surface area (TPSA) is 78.0 Å². The highest BCUT2D eigenvalue weighted by Crippen LogP contribution is 2.36. The van der Waals surface area contributed by atoms with Crippen LogP contribution in [0.25, 0.3) is 0 Å². The van der Waals surface area contributed by atoms with Crippen molar-refractivity contribution in [3.63, 3.8) is 0 Å². The molecule has 2 heterocycles. The Hall–Kier alpha value is -2.77. The van der Waals surface area contributed by atoms with Gasteiger partial charge in [-0.25, -0.2) is 4.39 Å². The van der Waals surface area contributed by atoms with Crippen LogP contribution in [-0.4, -0.2) is 71.9 Å². The predicted octanol–water partition coefficient (Wildman–Crippen LogP) is 0.288. The largest absolute Gasteiger partial charge is 0.347 e. The van der Waals surface area contributed by atoms with Gasteiger partial charge in [0.25, 0.3) is 5.91 Å². The van der Waals surface area contributed by atoms with Gasteiger partial charge in [0.2, 0.25) is 17.6 Å². The standard InChI is InChI=1S/C19H22FN3O4/c1-21(2)18(26)15-13-8-9-23(10-11-4-6-12(20)7-5-11)17(25)14(13)16(24)19(27)22(15)3/h4-7,13-15H,8-10H2,1-3H3. The number of ketones is 1. The Morgan fingerprint density at radius 1 is 1.19 bits per heavy atom. The molecule has 1 aromatic carbocycles. The zero-order valence-corrected chi connectivity index (χ0v) is 15.5. The third-order valence-corrected chi connectivity index (χ3v) is 5.36. The van der Waals surface area contributed by atoms with Gasteiger partial charge in [0, 0.05) is 40.2 Å². The van der Waals surface area contributed by atoms with E-state index in [-0.39, 0.29) is 18.3 Å². The lowest BCUT2D eigenvalue weighted by Crippen LogP contribution is -2.65. The monoisotopic (exact) mass is 375 g/mol. The Bertz CT molecular complexity index is 793. The van der Waals surface area contributed by atoms with Crippen LogP contribution in [0.4, 0.5) is 4.39 Å². The van der Waals surface area contributed by atoms with E-state index in [1.165, 1.54) is 29.0 Å². The summed E-state index contributed by atoms with van der Waals surface area (Å²) >= 11 is 0. The molecule has 0 N–H and O–H groups in total. The van der Waals surface area contributed by atoms with E-state index >= 15 is 0 Å². The van der Waals surface area contributed by atoms with Crippen LogP contribution in [0, 0.1) is 17.7 Å². The second kappa shape index (κ2) is 7.09. The second-order valence-corrected chi connectivity index (χ2v) is 7.27. The molecule has 0 aliphatic carbocycles. The van der Waals surface area contributed by atoms with Gasteiger partial charge in [0.15, 0.2) is 0 Å². The van der Waals surface area contributed by atoms with Gasteiger partial charge >= 0.3 is 0 Å². The van der Waals surface area contributed by atoms with Crippen LogP contribution < -0.4 is 0 Å². The normalized spacial score (nSPS) is 25.5. The summed E-state index contributed by atoms with van der Waals surface area (Å²) in [5, 5.41) is 0. The van der Waals surface area contributed by atoms with E-state index in [1.807, 2.05) is 0 Å². The number of likely N-dealkylation sites (N-methyl/N-ethyl adjacent to an activating group) is 2. The summed E-state index contributed by atoms with van der Waals surface area (Å²) in [6.07, 6.45) is 0.436.